The highest BCUT2D eigenvalue weighted by atomic mass is 19.4. The van der Waals surface area contributed by atoms with Gasteiger partial charge in [-0.05, 0) is 161 Å². The first-order valence-corrected chi connectivity index (χ1v) is 22.2. The summed E-state index contributed by atoms with van der Waals surface area (Å²) in [5.74, 6) is -1.02. The van der Waals surface area contributed by atoms with Gasteiger partial charge in [-0.3, -0.25) is 19.4 Å². The molecule has 4 aliphatic heterocycles. The van der Waals surface area contributed by atoms with Crippen molar-refractivity contribution >= 4 is 17.8 Å². The van der Waals surface area contributed by atoms with Gasteiger partial charge in [0.05, 0.1) is 0 Å². The highest BCUT2D eigenvalue weighted by Gasteiger charge is 2.44. The van der Waals surface area contributed by atoms with Crippen LogP contribution < -0.4 is 10.6 Å². The smallest absolute Gasteiger partial charge is 0.475 e. The molecule has 316 valence electrons. The summed E-state index contributed by atoms with van der Waals surface area (Å²) in [6.45, 7) is 2.42. The number of benzene rings is 3. The van der Waals surface area contributed by atoms with Gasteiger partial charge in [-0.15, -0.1) is 0 Å². The molecular weight excluding hydrogens is 754 g/mol. The number of aryl methyl sites for hydroxylation is 1. The van der Waals surface area contributed by atoms with Crippen LogP contribution in [0.25, 0.3) is 0 Å². The number of nitrogens with one attached hydrogen (secondary N) is 2. The maximum absolute atomic E-state index is 13.1. The maximum atomic E-state index is 13.1. The second kappa shape index (κ2) is 18.2. The first kappa shape index (κ1) is 41.5. The lowest BCUT2D eigenvalue weighted by atomic mass is 9.84. The molecule has 2 saturated carbocycles. The van der Waals surface area contributed by atoms with E-state index in [0.29, 0.717) is 43.1 Å². The molecule has 4 fully saturated rings. The van der Waals surface area contributed by atoms with E-state index in [0.717, 1.165) is 48.6 Å². The number of nitrogens with zero attached hydrogens (tertiary/aromatic N) is 2. The van der Waals surface area contributed by atoms with Gasteiger partial charge < -0.3 is 15.7 Å². The van der Waals surface area contributed by atoms with Crippen LogP contribution >= 0.6 is 0 Å². The topological polar surface area (TPSA) is 102 Å². The minimum atomic E-state index is -5.08. The summed E-state index contributed by atoms with van der Waals surface area (Å²) in [6.07, 6.45) is 13.2. The Hall–Kier alpha value is -4.22. The Bertz CT molecular complexity index is 1880. The first-order chi connectivity index (χ1) is 28.5. The Morgan fingerprint density at radius 2 is 0.966 bits per heavy atom. The molecule has 8 nitrogen and oxygen atoms in total. The number of carbonyl (C=O) groups is 3. The zero-order valence-electron chi connectivity index (χ0n) is 34.0. The van der Waals surface area contributed by atoms with Gasteiger partial charge in [0.15, 0.2) is 0 Å². The van der Waals surface area contributed by atoms with Crippen LogP contribution in [0, 0.1) is 11.8 Å². The number of halogens is 3. The van der Waals surface area contributed by atoms with Gasteiger partial charge in [-0.1, -0.05) is 60.7 Å². The van der Waals surface area contributed by atoms with E-state index in [9.17, 15) is 22.8 Å². The zero-order chi connectivity index (χ0) is 41.1. The van der Waals surface area contributed by atoms with Gasteiger partial charge in [0, 0.05) is 48.2 Å². The number of amides is 2. The molecular formula is C48H59F3N4O4. The van der Waals surface area contributed by atoms with Crippen molar-refractivity contribution in [2.45, 2.75) is 145 Å². The summed E-state index contributed by atoms with van der Waals surface area (Å²) in [4.78, 5) is 40.4. The number of carbonyl (C=O) groups excluding carboxylic acids is 2. The molecule has 4 heterocycles. The molecule has 9 rings (SSSR count). The number of aliphatic carboxylic acids is 1. The third-order valence-electron chi connectivity index (χ3n) is 14.5. The van der Waals surface area contributed by atoms with Gasteiger partial charge in [0.1, 0.15) is 0 Å². The zero-order valence-corrected chi connectivity index (χ0v) is 34.0. The molecule has 4 atom stereocenters. The standard InChI is InChI=1S/C46H58N4O2.C2HF3O2/c51-45(47-35-18-11-32(12-19-35)27-29-49-41-22-23-42(49)38-6-2-1-5-37(38)41)26-15-31-9-16-34(17-10-31)46(52)48-36-20-13-33(14-21-36)28-30-50-43-24-25-44(50)40-8-4-3-7-39(40)43;3-2(4,5)1(6)7/h1-10,16-17,32-33,35-36,41-44H,11-15,18-30H2,(H,47,51)(H,48,52);(H,6,7)/t32-,33-,35-,36-,41-,42+,43-,44+;. The van der Waals surface area contributed by atoms with E-state index in [4.69, 9.17) is 9.90 Å². The van der Waals surface area contributed by atoms with Gasteiger partial charge in [-0.2, -0.15) is 13.2 Å². The van der Waals surface area contributed by atoms with Crippen molar-refractivity contribution in [3.05, 3.63) is 106 Å². The lowest BCUT2D eigenvalue weighted by Crippen LogP contribution is -2.38. The molecule has 0 radical (unpaired) electrons. The van der Waals surface area contributed by atoms with Crippen molar-refractivity contribution in [1.29, 1.82) is 0 Å². The number of carboxylic acid groups (broad SMARTS) is 1. The molecule has 6 aliphatic rings. The molecule has 4 bridgehead atoms. The number of hydrogen-bond donors (Lipinski definition) is 3. The lowest BCUT2D eigenvalue weighted by molar-refractivity contribution is -0.192. The number of fused-ring (bicyclic) bond motifs is 10. The molecule has 0 unspecified atom stereocenters. The molecule has 2 amide bonds. The highest BCUT2D eigenvalue weighted by molar-refractivity contribution is 5.94. The minimum absolute atomic E-state index is 0.0348. The SMILES string of the molecule is O=C(CCc1ccc(C(=O)N[C@H]2CC[C@H](CCN3[C@@H]4CC[C@H]3c3ccccc34)CC2)cc1)N[C@H]1CC[C@H](CCN2[C@@H]3CC[C@H]2c2ccccc23)CC1.O=C(O)C(F)(F)F. The Morgan fingerprint density at radius 1 is 0.576 bits per heavy atom. The van der Waals surface area contributed by atoms with Crippen LogP contribution in [0.5, 0.6) is 0 Å². The van der Waals surface area contributed by atoms with Gasteiger partial charge in [0.25, 0.3) is 5.91 Å². The van der Waals surface area contributed by atoms with Crippen molar-refractivity contribution in [2.75, 3.05) is 13.1 Å². The summed E-state index contributed by atoms with van der Waals surface area (Å²) >= 11 is 0. The summed E-state index contributed by atoms with van der Waals surface area (Å²) in [5, 5.41) is 13.8. The fourth-order valence-corrected chi connectivity index (χ4v) is 11.4. The van der Waals surface area contributed by atoms with Crippen LogP contribution in [0.15, 0.2) is 72.8 Å². The molecule has 0 aromatic heterocycles. The second-order valence-electron chi connectivity index (χ2n) is 18.0. The lowest BCUT2D eigenvalue weighted by Gasteiger charge is -2.31. The van der Waals surface area contributed by atoms with Crippen LogP contribution in [0.3, 0.4) is 0 Å². The first-order valence-electron chi connectivity index (χ1n) is 22.2. The van der Waals surface area contributed by atoms with E-state index >= 15 is 0 Å². The number of alkyl halides is 3. The molecule has 0 spiro atoms. The van der Waals surface area contributed by atoms with Crippen molar-refractivity contribution in [2.24, 2.45) is 11.8 Å². The second-order valence-corrected chi connectivity index (χ2v) is 18.0. The molecule has 3 aromatic rings. The average molecular weight is 813 g/mol. The highest BCUT2D eigenvalue weighted by Crippen LogP contribution is 2.54. The van der Waals surface area contributed by atoms with E-state index < -0.39 is 12.1 Å². The normalized spacial score (nSPS) is 28.3. The van der Waals surface area contributed by atoms with Crippen LogP contribution in [-0.2, 0) is 16.0 Å². The van der Waals surface area contributed by atoms with E-state index in [1.807, 2.05) is 24.3 Å². The molecule has 11 heteroatoms. The quantitative estimate of drug-likeness (QED) is 0.168. The van der Waals surface area contributed by atoms with Crippen LogP contribution in [0.4, 0.5) is 13.2 Å². The summed E-state index contributed by atoms with van der Waals surface area (Å²) < 4.78 is 31.7. The summed E-state index contributed by atoms with van der Waals surface area (Å²) in [7, 11) is 0. The van der Waals surface area contributed by atoms with E-state index in [1.54, 1.807) is 22.3 Å². The summed E-state index contributed by atoms with van der Waals surface area (Å²) in [5.41, 5.74) is 8.15. The average Bonchev–Trinajstić information content (AvgIpc) is 4.01. The fraction of sp³-hybridized carbons (Fsp3) is 0.562. The predicted octanol–water partition coefficient (Wildman–Crippen LogP) is 9.78. The van der Waals surface area contributed by atoms with Gasteiger partial charge in [-0.25, -0.2) is 4.79 Å². The van der Waals surface area contributed by atoms with Crippen molar-refractivity contribution < 1.29 is 32.7 Å². The minimum Gasteiger partial charge on any atom is -0.475 e. The third kappa shape index (κ3) is 9.57. The van der Waals surface area contributed by atoms with E-state index in [1.165, 1.54) is 77.3 Å². The van der Waals surface area contributed by atoms with Crippen molar-refractivity contribution in [3.63, 3.8) is 0 Å². The van der Waals surface area contributed by atoms with E-state index in [2.05, 4.69) is 69.0 Å². The molecule has 59 heavy (non-hydrogen) atoms. The van der Waals surface area contributed by atoms with Crippen molar-refractivity contribution in [3.8, 4) is 0 Å². The largest absolute Gasteiger partial charge is 0.490 e. The van der Waals surface area contributed by atoms with Crippen LogP contribution in [-0.4, -0.2) is 64.0 Å². The van der Waals surface area contributed by atoms with Crippen LogP contribution in [0.1, 0.15) is 159 Å². The molecule has 3 aromatic carbocycles. The Morgan fingerprint density at radius 3 is 1.36 bits per heavy atom. The Labute approximate surface area is 346 Å². The van der Waals surface area contributed by atoms with Crippen molar-refractivity contribution in [1.82, 2.24) is 20.4 Å². The number of carboxylic acids is 1. The van der Waals surface area contributed by atoms with Crippen LogP contribution in [0.2, 0.25) is 0 Å². The molecule has 3 N–H and O–H groups in total. The maximum Gasteiger partial charge on any atom is 0.490 e. The molecule has 2 aliphatic carbocycles. The monoisotopic (exact) mass is 812 g/mol. The third-order valence-corrected chi connectivity index (χ3v) is 14.5. The Balaban J connectivity index is 0.000000637. The number of hydrogen-bond acceptors (Lipinski definition) is 5. The number of rotatable bonds is 12. The fourth-order valence-electron chi connectivity index (χ4n) is 11.4. The predicted molar refractivity (Wildman–Crippen MR) is 221 cm³/mol. The van der Waals surface area contributed by atoms with Gasteiger partial charge >= 0.3 is 12.1 Å². The summed E-state index contributed by atoms with van der Waals surface area (Å²) in [6, 6.07) is 29.3. The van der Waals surface area contributed by atoms with E-state index in [-0.39, 0.29) is 17.9 Å². The van der Waals surface area contributed by atoms with Gasteiger partial charge in [0.2, 0.25) is 5.91 Å². The molecule has 2 saturated heterocycles. The Kier molecular flexibility index (Phi) is 12.8.